The summed E-state index contributed by atoms with van der Waals surface area (Å²) < 4.78 is 5.75. The van der Waals surface area contributed by atoms with Crippen molar-refractivity contribution in [2.75, 3.05) is 20.6 Å². The molecule has 4 saturated carbocycles. The predicted octanol–water partition coefficient (Wildman–Crippen LogP) is 9.56. The Kier molecular flexibility index (Phi) is 12.6. The molecule has 5 aliphatic rings. The molecule has 0 aliphatic heterocycles. The molecule has 1 aromatic carbocycles. The Bertz CT molecular complexity index is 1940. The summed E-state index contributed by atoms with van der Waals surface area (Å²) in [7, 11) is 4.00. The van der Waals surface area contributed by atoms with Crippen molar-refractivity contribution in [3.63, 3.8) is 0 Å². The Morgan fingerprint density at radius 1 is 0.933 bits per heavy atom. The van der Waals surface area contributed by atoms with Gasteiger partial charge in [0.15, 0.2) is 5.78 Å². The van der Waals surface area contributed by atoms with Gasteiger partial charge in [0.25, 0.3) is 0 Å². The maximum atomic E-state index is 14.4. The number of hydrogen-bond donors (Lipinski definition) is 3. The van der Waals surface area contributed by atoms with Gasteiger partial charge in [0, 0.05) is 53.6 Å². The summed E-state index contributed by atoms with van der Waals surface area (Å²) in [6.07, 6.45) is 5.49. The van der Waals surface area contributed by atoms with E-state index in [4.69, 9.17) is 29.0 Å². The van der Waals surface area contributed by atoms with Crippen LogP contribution in [0.4, 0.5) is 0 Å². The van der Waals surface area contributed by atoms with E-state index in [2.05, 4.69) is 53.4 Å². The van der Waals surface area contributed by atoms with Crippen molar-refractivity contribution >= 4 is 47.9 Å². The molecule has 0 aromatic heterocycles. The topological polar surface area (TPSA) is 124 Å². The lowest BCUT2D eigenvalue weighted by atomic mass is 9.32. The maximum Gasteiger partial charge on any atom is 0.309 e. The number of hydrogen-bond acceptors (Lipinski definition) is 8. The first-order valence-corrected chi connectivity index (χ1v) is 23.2. The molecule has 9 nitrogen and oxygen atoms in total. The number of aliphatic carboxylic acids is 1. The molecule has 0 bridgehead atoms. The predicted molar refractivity (Wildman–Crippen MR) is 240 cm³/mol. The Balaban J connectivity index is 1.31. The van der Waals surface area contributed by atoms with Crippen LogP contribution in [0.5, 0.6) is 0 Å². The second-order valence-corrected chi connectivity index (χ2v) is 23.4. The molecule has 1 aromatic rings. The molecule has 1 amide bonds. The van der Waals surface area contributed by atoms with E-state index in [0.29, 0.717) is 36.9 Å². The van der Waals surface area contributed by atoms with Crippen LogP contribution in [0.15, 0.2) is 29.3 Å². The number of allylic oxidation sites excluding steroid dienone is 1. The number of carbonyl (C=O) groups is 4. The first-order chi connectivity index (χ1) is 27.6. The highest BCUT2D eigenvalue weighted by atomic mass is 35.5. The van der Waals surface area contributed by atoms with Crippen LogP contribution < -0.4 is 0 Å². The number of Topliss-reactive ketones (excluding diaryl/α,β-unsaturated/α-hetero) is 1. The van der Waals surface area contributed by atoms with Crippen LogP contribution in [0, 0.1) is 50.2 Å². The average Bonchev–Trinajstić information content (AvgIpc) is 3.45. The van der Waals surface area contributed by atoms with Gasteiger partial charge in [-0.25, -0.2) is 0 Å². The van der Waals surface area contributed by atoms with Crippen molar-refractivity contribution in [2.45, 2.75) is 163 Å². The summed E-state index contributed by atoms with van der Waals surface area (Å²) in [5, 5.41) is 23.0. The number of carboxylic acid groups (broad SMARTS) is 1. The van der Waals surface area contributed by atoms with E-state index >= 15 is 0 Å². The van der Waals surface area contributed by atoms with E-state index in [1.807, 2.05) is 32.3 Å². The highest BCUT2D eigenvalue weighted by Crippen LogP contribution is 2.78. The fourth-order valence-corrected chi connectivity index (χ4v) is 14.6. The Labute approximate surface area is 370 Å². The molecule has 4 fully saturated rings. The molecule has 9 atom stereocenters. The Morgan fingerprint density at radius 3 is 2.18 bits per heavy atom. The van der Waals surface area contributed by atoms with E-state index in [1.165, 1.54) is 5.57 Å². The number of aliphatic hydroxyl groups is 1. The van der Waals surface area contributed by atoms with Crippen LogP contribution in [0.1, 0.15) is 145 Å². The van der Waals surface area contributed by atoms with Crippen molar-refractivity contribution in [3.05, 3.63) is 45.5 Å². The van der Waals surface area contributed by atoms with Gasteiger partial charge in [0.05, 0.1) is 17.9 Å². The third kappa shape index (κ3) is 7.31. The number of aliphatic hydroxyl groups excluding tert-OH is 1. The highest BCUT2D eigenvalue weighted by molar-refractivity contribution is 7.82. The van der Waals surface area contributed by atoms with E-state index in [-0.39, 0.29) is 65.3 Å². The van der Waals surface area contributed by atoms with Gasteiger partial charge < -0.3 is 24.7 Å². The van der Waals surface area contributed by atoms with Crippen LogP contribution >= 0.6 is 24.2 Å². The van der Waals surface area contributed by atoms with Gasteiger partial charge in [0.1, 0.15) is 6.10 Å². The third-order valence-corrected chi connectivity index (χ3v) is 19.2. The fraction of sp³-hybridized carbons (Fsp3) is 0.755. The lowest BCUT2D eigenvalue weighted by molar-refractivity contribution is -0.223. The molecule has 11 heteroatoms. The average molecular weight is 870 g/mol. The SMILES string of the molecule is CC(=O)N(Cc1ccc(Cl)cc1CN(C)C)C[C@H](O)[C@@]12CC[C@]3(C)[C@H](CC[C@@H]4[C@@]5(C)CC[C@H](OC(=O)CC(C)(C)C(=O)O)C(C)(C)C5(S)CC[C@]43C)C1=C(C(C)C)C(=O)C2. The zero-order chi connectivity index (χ0) is 44.8. The first-order valence-electron chi connectivity index (χ1n) is 22.4. The number of rotatable bonds is 12. The lowest BCUT2D eigenvalue weighted by Crippen LogP contribution is -2.71. The number of carbonyl (C=O) groups excluding carboxylic acids is 3. The molecule has 0 radical (unpaired) electrons. The number of halogens is 1. The van der Waals surface area contributed by atoms with E-state index in [9.17, 15) is 29.4 Å². The van der Waals surface area contributed by atoms with Gasteiger partial charge >= 0.3 is 11.9 Å². The molecule has 0 heterocycles. The molecular formula is C49H73ClN2O7S. The van der Waals surface area contributed by atoms with Crippen LogP contribution in [-0.2, 0) is 37.0 Å². The fourth-order valence-electron chi connectivity index (χ4n) is 13.9. The van der Waals surface area contributed by atoms with E-state index in [1.54, 1.807) is 25.7 Å². The number of ketones is 1. The molecule has 60 heavy (non-hydrogen) atoms. The third-order valence-electron chi connectivity index (χ3n) is 17.7. The van der Waals surface area contributed by atoms with Crippen LogP contribution in [0.3, 0.4) is 0 Å². The van der Waals surface area contributed by atoms with Crippen LogP contribution in [-0.4, -0.2) is 81.2 Å². The molecule has 6 rings (SSSR count). The Morgan fingerprint density at radius 2 is 1.58 bits per heavy atom. The first kappa shape index (κ1) is 47.1. The number of carboxylic acids is 1. The summed E-state index contributed by atoms with van der Waals surface area (Å²) in [6.45, 7) is 21.8. The number of amides is 1. The maximum absolute atomic E-state index is 14.4. The smallest absolute Gasteiger partial charge is 0.309 e. The highest BCUT2D eigenvalue weighted by Gasteiger charge is 2.74. The molecule has 2 N–H and O–H groups in total. The van der Waals surface area contributed by atoms with E-state index in [0.717, 1.165) is 55.2 Å². The molecule has 0 saturated heterocycles. The minimum absolute atomic E-state index is 0.00912. The van der Waals surface area contributed by atoms with Gasteiger partial charge in [-0.05, 0) is 142 Å². The van der Waals surface area contributed by atoms with Gasteiger partial charge in [0.2, 0.25) is 5.91 Å². The lowest BCUT2D eigenvalue weighted by Gasteiger charge is -2.75. The Hall–Kier alpha value is -2.40. The number of ether oxygens (including phenoxy) is 1. The summed E-state index contributed by atoms with van der Waals surface area (Å²) in [5.41, 5.74) is 1.21. The number of benzene rings is 1. The molecule has 0 spiro atoms. The van der Waals surface area contributed by atoms with Crippen molar-refractivity contribution in [1.82, 2.24) is 9.80 Å². The zero-order valence-electron chi connectivity index (χ0n) is 38.5. The number of esters is 1. The van der Waals surface area contributed by atoms with Gasteiger partial charge in [-0.1, -0.05) is 71.7 Å². The standard InChI is InChI=1S/C49H73ClN2O7S/c1-29(2)40-35(54)24-48(37(55)28-52(30(3)53)27-31-13-14-33(50)23-32(31)26-51(11)12)21-19-45(8)34(41(40)48)15-16-36-46(45,9)20-22-49(60)44(6,7)38(17-18-47(36,49)10)59-39(56)25-43(4,5)42(57)58/h13-14,23,29,34,36-38,55,60H,15-22,24-28H2,1-12H3,(H,57,58)/t34-,36+,37+,38+,45-,46-,47-,48+,49?/m1/s1. The largest absolute Gasteiger partial charge is 0.481 e. The number of thiol groups is 1. The summed E-state index contributed by atoms with van der Waals surface area (Å²) >= 11 is 12.1. The van der Waals surface area contributed by atoms with Gasteiger partial charge in [-0.15, -0.1) is 0 Å². The summed E-state index contributed by atoms with van der Waals surface area (Å²) in [5.74, 6) is -1.04. The van der Waals surface area contributed by atoms with Crippen molar-refractivity contribution in [2.24, 2.45) is 50.2 Å². The van der Waals surface area contributed by atoms with Crippen molar-refractivity contribution in [3.8, 4) is 0 Å². The monoisotopic (exact) mass is 868 g/mol. The van der Waals surface area contributed by atoms with Crippen molar-refractivity contribution < 1.29 is 34.1 Å². The van der Waals surface area contributed by atoms with Crippen molar-refractivity contribution in [1.29, 1.82) is 0 Å². The molecule has 5 aliphatic carbocycles. The summed E-state index contributed by atoms with van der Waals surface area (Å²) in [6, 6.07) is 5.77. The minimum atomic E-state index is -1.22. The number of nitrogens with zero attached hydrogens (tertiary/aromatic N) is 2. The molecule has 1 unspecified atom stereocenters. The molecule has 334 valence electrons. The van der Waals surface area contributed by atoms with Gasteiger partial charge in [-0.3, -0.25) is 19.2 Å². The van der Waals surface area contributed by atoms with Gasteiger partial charge in [-0.2, -0.15) is 12.6 Å². The molecular weight excluding hydrogens is 796 g/mol. The minimum Gasteiger partial charge on any atom is -0.481 e. The van der Waals surface area contributed by atoms with Crippen LogP contribution in [0.25, 0.3) is 0 Å². The number of fused-ring (bicyclic) bond motifs is 7. The zero-order valence-corrected chi connectivity index (χ0v) is 40.1. The van der Waals surface area contributed by atoms with Crippen LogP contribution in [0.2, 0.25) is 5.02 Å². The normalized spacial score (nSPS) is 35.4. The quantitative estimate of drug-likeness (QED) is 0.140. The second kappa shape index (κ2) is 16.0. The second-order valence-electron chi connectivity index (χ2n) is 22.2. The summed E-state index contributed by atoms with van der Waals surface area (Å²) in [4.78, 5) is 56.6. The van der Waals surface area contributed by atoms with E-state index < -0.39 is 39.0 Å².